The minimum atomic E-state index is -3.84. The van der Waals surface area contributed by atoms with Gasteiger partial charge in [-0.15, -0.1) is 0 Å². The Morgan fingerprint density at radius 3 is 2.47 bits per heavy atom. The molecule has 1 aliphatic heterocycles. The molecule has 1 unspecified atom stereocenters. The fourth-order valence-corrected chi connectivity index (χ4v) is 5.48. The van der Waals surface area contributed by atoms with Gasteiger partial charge in [0, 0.05) is 11.5 Å². The first-order valence-corrected chi connectivity index (χ1v) is 12.6. The van der Waals surface area contributed by atoms with Crippen molar-refractivity contribution in [2.75, 3.05) is 11.3 Å². The number of anilines is 1. The third-order valence-corrected chi connectivity index (χ3v) is 7.47. The van der Waals surface area contributed by atoms with E-state index in [0.29, 0.717) is 22.8 Å². The highest BCUT2D eigenvalue weighted by atomic mass is 32.2. The summed E-state index contributed by atoms with van der Waals surface area (Å²) in [4.78, 5) is 14.7. The van der Waals surface area contributed by atoms with Crippen molar-refractivity contribution >= 4 is 38.9 Å². The number of ether oxygens (including phenoxy) is 1. The van der Waals surface area contributed by atoms with Crippen LogP contribution >= 0.6 is 11.8 Å². The number of benzene rings is 2. The Morgan fingerprint density at radius 1 is 1.00 bits per heavy atom. The number of rotatable bonds is 6. The van der Waals surface area contributed by atoms with E-state index in [4.69, 9.17) is 4.74 Å². The van der Waals surface area contributed by atoms with E-state index in [9.17, 15) is 8.42 Å². The largest absolute Gasteiger partial charge is 0.358 e. The molecule has 0 radical (unpaired) electrons. The molecule has 3 heterocycles. The first kappa shape index (κ1) is 20.9. The molecule has 1 aliphatic rings. The molecule has 5 rings (SSSR count). The molecular formula is C22H21N5O3S2. The molecule has 0 aliphatic carbocycles. The number of hydrogen-bond acceptors (Lipinski definition) is 7. The van der Waals surface area contributed by atoms with Crippen LogP contribution in [0.2, 0.25) is 0 Å². The van der Waals surface area contributed by atoms with Gasteiger partial charge in [0.1, 0.15) is 23.1 Å². The lowest BCUT2D eigenvalue weighted by atomic mass is 10.2. The maximum atomic E-state index is 13.0. The zero-order valence-corrected chi connectivity index (χ0v) is 18.7. The molecule has 1 saturated heterocycles. The van der Waals surface area contributed by atoms with Crippen molar-refractivity contribution in [3.63, 3.8) is 0 Å². The maximum Gasteiger partial charge on any atom is 0.264 e. The van der Waals surface area contributed by atoms with E-state index in [1.165, 1.54) is 18.1 Å². The predicted molar refractivity (Wildman–Crippen MR) is 122 cm³/mol. The highest BCUT2D eigenvalue weighted by Gasteiger charge is 2.27. The Kier molecular flexibility index (Phi) is 5.81. The lowest BCUT2D eigenvalue weighted by Gasteiger charge is -2.25. The van der Waals surface area contributed by atoms with E-state index in [-0.39, 0.29) is 17.1 Å². The lowest BCUT2D eigenvalue weighted by molar-refractivity contribution is -0.0284. The van der Waals surface area contributed by atoms with Gasteiger partial charge in [-0.3, -0.25) is 4.57 Å². The van der Waals surface area contributed by atoms with Gasteiger partial charge >= 0.3 is 0 Å². The van der Waals surface area contributed by atoms with Gasteiger partial charge in [-0.2, -0.15) is 0 Å². The number of sulfonamides is 1. The second-order valence-electron chi connectivity index (χ2n) is 7.31. The normalized spacial score (nSPS) is 16.8. The quantitative estimate of drug-likeness (QED) is 0.418. The summed E-state index contributed by atoms with van der Waals surface area (Å²) >= 11 is 1.46. The molecule has 0 bridgehead atoms. The molecule has 4 aromatic rings. The average Bonchev–Trinajstić information content (AvgIpc) is 3.19. The number of nitrogens with zero attached hydrogens (tertiary/aromatic N) is 4. The summed E-state index contributed by atoms with van der Waals surface area (Å²) in [6, 6.07) is 18.1. The van der Waals surface area contributed by atoms with Crippen molar-refractivity contribution in [1.82, 2.24) is 19.5 Å². The van der Waals surface area contributed by atoms with E-state index >= 15 is 0 Å². The van der Waals surface area contributed by atoms with Gasteiger partial charge in [-0.1, -0.05) is 48.2 Å². The van der Waals surface area contributed by atoms with Crippen molar-refractivity contribution in [3.8, 4) is 0 Å². The first-order chi connectivity index (χ1) is 15.6. The summed E-state index contributed by atoms with van der Waals surface area (Å²) in [5.74, 6) is 0.172. The van der Waals surface area contributed by atoms with Crippen LogP contribution in [0.3, 0.4) is 0 Å². The molecule has 0 spiro atoms. The molecule has 0 saturated carbocycles. The van der Waals surface area contributed by atoms with Crippen molar-refractivity contribution in [2.45, 2.75) is 40.3 Å². The summed E-state index contributed by atoms with van der Waals surface area (Å²) in [5.41, 5.74) is 1.07. The standard InChI is InChI=1S/C22H21N5O3S2/c28-32(29,17-11-5-2-6-12-17)26-22-25-19-20(27(22)18-13-7-8-14-30-18)23-15-24-21(19)31-16-9-3-1-4-10-16/h1-6,9-12,15,18H,7-8,13-14H2,(H,25,26). The molecule has 0 amide bonds. The zero-order valence-electron chi connectivity index (χ0n) is 17.1. The Hall–Kier alpha value is -2.95. The molecule has 2 aromatic carbocycles. The fraction of sp³-hybridized carbons (Fsp3) is 0.227. The van der Waals surface area contributed by atoms with Crippen LogP contribution in [-0.2, 0) is 14.8 Å². The number of fused-ring (bicyclic) bond motifs is 1. The Bertz CT molecular complexity index is 1320. The first-order valence-electron chi connectivity index (χ1n) is 10.3. The van der Waals surface area contributed by atoms with Crippen LogP contribution in [0.15, 0.2) is 81.8 Å². The minimum absolute atomic E-state index is 0.160. The molecule has 2 aromatic heterocycles. The molecule has 1 N–H and O–H groups in total. The molecule has 10 heteroatoms. The van der Waals surface area contributed by atoms with Crippen molar-refractivity contribution in [1.29, 1.82) is 0 Å². The van der Waals surface area contributed by atoms with Crippen molar-refractivity contribution in [3.05, 3.63) is 67.0 Å². The van der Waals surface area contributed by atoms with Gasteiger partial charge < -0.3 is 4.74 Å². The third kappa shape index (κ3) is 4.21. The van der Waals surface area contributed by atoms with Crippen LogP contribution in [0.5, 0.6) is 0 Å². The average molecular weight is 468 g/mol. The van der Waals surface area contributed by atoms with E-state index in [2.05, 4.69) is 19.7 Å². The number of nitrogens with one attached hydrogen (secondary N) is 1. The topological polar surface area (TPSA) is 99.0 Å². The second-order valence-corrected chi connectivity index (χ2v) is 10.1. The Balaban J connectivity index is 1.61. The number of hydrogen-bond donors (Lipinski definition) is 1. The van der Waals surface area contributed by atoms with Gasteiger partial charge in [0.2, 0.25) is 5.95 Å². The fourth-order valence-electron chi connectivity index (χ4n) is 3.61. The molecular weight excluding hydrogens is 446 g/mol. The van der Waals surface area contributed by atoms with Crippen molar-refractivity contribution in [2.24, 2.45) is 0 Å². The third-order valence-electron chi connectivity index (χ3n) is 5.12. The zero-order chi connectivity index (χ0) is 22.0. The van der Waals surface area contributed by atoms with E-state index in [0.717, 1.165) is 24.2 Å². The molecule has 8 nitrogen and oxygen atoms in total. The van der Waals surface area contributed by atoms with Crippen molar-refractivity contribution < 1.29 is 13.2 Å². The van der Waals surface area contributed by atoms with Crippen LogP contribution in [0, 0.1) is 0 Å². The summed E-state index contributed by atoms with van der Waals surface area (Å²) in [7, 11) is -3.84. The molecule has 1 fully saturated rings. The smallest absolute Gasteiger partial charge is 0.264 e. The van der Waals surface area contributed by atoms with Gasteiger partial charge in [-0.25, -0.2) is 28.1 Å². The SMILES string of the molecule is O=S(=O)(Nc1nc2c(Sc3ccccc3)ncnc2n1C1CCCCO1)c1ccccc1. The number of aromatic nitrogens is 4. The van der Waals surface area contributed by atoms with E-state index in [1.54, 1.807) is 34.9 Å². The highest BCUT2D eigenvalue weighted by Crippen LogP contribution is 2.35. The van der Waals surface area contributed by atoms with Crippen LogP contribution in [0.1, 0.15) is 25.5 Å². The van der Waals surface area contributed by atoms with E-state index < -0.39 is 10.0 Å². The monoisotopic (exact) mass is 467 g/mol. The van der Waals surface area contributed by atoms with Gasteiger partial charge in [-0.05, 0) is 43.5 Å². The summed E-state index contributed by atoms with van der Waals surface area (Å²) < 4.78 is 36.4. The molecule has 1 atom stereocenters. The van der Waals surface area contributed by atoms with Gasteiger partial charge in [0.05, 0.1) is 4.90 Å². The maximum absolute atomic E-state index is 13.0. The lowest BCUT2D eigenvalue weighted by Crippen LogP contribution is -2.23. The molecule has 32 heavy (non-hydrogen) atoms. The molecule has 164 valence electrons. The Morgan fingerprint density at radius 2 is 1.75 bits per heavy atom. The van der Waals surface area contributed by atoms with Gasteiger partial charge in [0.15, 0.2) is 5.65 Å². The Labute approximate surface area is 190 Å². The second kappa shape index (κ2) is 8.89. The van der Waals surface area contributed by atoms with Crippen LogP contribution in [-0.4, -0.2) is 34.5 Å². The van der Waals surface area contributed by atoms with Gasteiger partial charge in [0.25, 0.3) is 10.0 Å². The van der Waals surface area contributed by atoms with E-state index in [1.807, 2.05) is 30.3 Å². The summed E-state index contributed by atoms with van der Waals surface area (Å²) in [6.07, 6.45) is 3.82. The minimum Gasteiger partial charge on any atom is -0.358 e. The summed E-state index contributed by atoms with van der Waals surface area (Å²) in [5, 5.41) is 0.649. The highest BCUT2D eigenvalue weighted by molar-refractivity contribution is 7.99. The predicted octanol–water partition coefficient (Wildman–Crippen LogP) is 4.48. The van der Waals surface area contributed by atoms with Crippen LogP contribution < -0.4 is 4.72 Å². The van der Waals surface area contributed by atoms with Crippen LogP contribution in [0.25, 0.3) is 11.2 Å². The van der Waals surface area contributed by atoms with Crippen LogP contribution in [0.4, 0.5) is 5.95 Å². The summed E-state index contributed by atoms with van der Waals surface area (Å²) in [6.45, 7) is 0.603. The number of imidazole rings is 1.